The summed E-state index contributed by atoms with van der Waals surface area (Å²) in [5, 5.41) is 2.92. The molecule has 0 unspecified atom stereocenters. The maximum Gasteiger partial charge on any atom is 0.255 e. The molecule has 0 aliphatic carbocycles. The predicted molar refractivity (Wildman–Crippen MR) is 119 cm³/mol. The van der Waals surface area contributed by atoms with Crippen molar-refractivity contribution in [2.24, 2.45) is 0 Å². The monoisotopic (exact) mass is 386 g/mol. The Labute approximate surface area is 172 Å². The van der Waals surface area contributed by atoms with Crippen LogP contribution in [0, 0.1) is 13.8 Å². The highest BCUT2D eigenvalue weighted by atomic mass is 16.1. The van der Waals surface area contributed by atoms with Crippen molar-refractivity contribution in [3.8, 4) is 0 Å². The average molecular weight is 386 g/mol. The van der Waals surface area contributed by atoms with Crippen molar-refractivity contribution in [3.05, 3.63) is 83.6 Å². The summed E-state index contributed by atoms with van der Waals surface area (Å²) in [4.78, 5) is 21.7. The van der Waals surface area contributed by atoms with Gasteiger partial charge in [-0.05, 0) is 55.8 Å². The molecule has 1 amide bonds. The number of pyridine rings is 1. The highest BCUT2D eigenvalue weighted by Crippen LogP contribution is 2.21. The van der Waals surface area contributed by atoms with E-state index in [9.17, 15) is 4.79 Å². The summed E-state index contributed by atoms with van der Waals surface area (Å²) in [5.41, 5.74) is 5.00. The van der Waals surface area contributed by atoms with Crippen molar-refractivity contribution < 1.29 is 4.79 Å². The fraction of sp³-hybridized carbons (Fsp3) is 0.250. The molecule has 1 aliphatic rings. The summed E-state index contributed by atoms with van der Waals surface area (Å²) in [5.74, 6) is 0.831. The summed E-state index contributed by atoms with van der Waals surface area (Å²) < 4.78 is 0. The Balaban J connectivity index is 1.35. The third kappa shape index (κ3) is 4.57. The van der Waals surface area contributed by atoms with E-state index in [-0.39, 0.29) is 5.91 Å². The molecule has 2 heterocycles. The lowest BCUT2D eigenvalue weighted by molar-refractivity contribution is 0.102. The normalized spacial score (nSPS) is 14.0. The number of carbonyl (C=O) groups is 1. The lowest BCUT2D eigenvalue weighted by atomic mass is 10.1. The molecule has 1 fully saturated rings. The van der Waals surface area contributed by atoms with Crippen LogP contribution in [0.5, 0.6) is 0 Å². The number of carbonyl (C=O) groups excluding carboxylic acids is 1. The number of benzene rings is 2. The first kappa shape index (κ1) is 19.0. The number of nitrogens with one attached hydrogen (secondary N) is 1. The van der Waals surface area contributed by atoms with Crippen LogP contribution in [0.2, 0.25) is 0 Å². The van der Waals surface area contributed by atoms with E-state index < -0.39 is 0 Å². The van der Waals surface area contributed by atoms with Gasteiger partial charge in [0, 0.05) is 37.4 Å². The van der Waals surface area contributed by atoms with Gasteiger partial charge in [0.05, 0.1) is 11.9 Å². The van der Waals surface area contributed by atoms with Crippen molar-refractivity contribution in [2.45, 2.75) is 13.8 Å². The molecule has 1 aliphatic heterocycles. The first-order valence-electron chi connectivity index (χ1n) is 9.99. The van der Waals surface area contributed by atoms with Crippen LogP contribution < -0.4 is 15.1 Å². The Kier molecular flexibility index (Phi) is 5.47. The predicted octanol–water partition coefficient (Wildman–Crippen LogP) is 4.28. The number of aromatic nitrogens is 1. The standard InChI is InChI=1S/C24H26N4O/c1-18-5-3-7-20(15-18)24(29)26-21-9-10-23(25-17-21)28-13-11-27(12-14-28)22-8-4-6-19(2)16-22/h3-10,15-17H,11-14H2,1-2H3,(H,26,29). The van der Waals surface area contributed by atoms with Crippen LogP contribution in [0.15, 0.2) is 66.9 Å². The smallest absolute Gasteiger partial charge is 0.255 e. The van der Waals surface area contributed by atoms with Crippen LogP contribution in [-0.4, -0.2) is 37.1 Å². The number of hydrogen-bond acceptors (Lipinski definition) is 4. The van der Waals surface area contributed by atoms with E-state index in [1.165, 1.54) is 11.3 Å². The molecular weight excluding hydrogens is 360 g/mol. The fourth-order valence-electron chi connectivity index (χ4n) is 3.66. The van der Waals surface area contributed by atoms with Crippen LogP contribution >= 0.6 is 0 Å². The fourth-order valence-corrected chi connectivity index (χ4v) is 3.66. The Morgan fingerprint density at radius 2 is 1.55 bits per heavy atom. The van der Waals surface area contributed by atoms with Gasteiger partial charge in [0.1, 0.15) is 5.82 Å². The minimum atomic E-state index is -0.116. The lowest BCUT2D eigenvalue weighted by Crippen LogP contribution is -2.46. The third-order valence-corrected chi connectivity index (χ3v) is 5.26. The molecule has 1 N–H and O–H groups in total. The Hall–Kier alpha value is -3.34. The zero-order valence-electron chi connectivity index (χ0n) is 16.9. The summed E-state index contributed by atoms with van der Waals surface area (Å²) in [6, 6.07) is 20.1. The number of amides is 1. The van der Waals surface area contributed by atoms with Gasteiger partial charge in [-0.2, -0.15) is 0 Å². The molecule has 5 nitrogen and oxygen atoms in total. The molecule has 0 bridgehead atoms. The number of aryl methyl sites for hydroxylation is 2. The molecule has 1 saturated heterocycles. The molecular formula is C24H26N4O. The lowest BCUT2D eigenvalue weighted by Gasteiger charge is -2.36. The second-order valence-corrected chi connectivity index (χ2v) is 7.54. The molecule has 0 atom stereocenters. The number of hydrogen-bond donors (Lipinski definition) is 1. The van der Waals surface area contributed by atoms with Gasteiger partial charge in [-0.3, -0.25) is 4.79 Å². The average Bonchev–Trinajstić information content (AvgIpc) is 2.74. The van der Waals surface area contributed by atoms with Crippen LogP contribution in [0.3, 0.4) is 0 Å². The SMILES string of the molecule is Cc1cccc(C(=O)Nc2ccc(N3CCN(c4cccc(C)c4)CC3)nc2)c1. The molecule has 2 aromatic carbocycles. The summed E-state index contributed by atoms with van der Waals surface area (Å²) in [6.07, 6.45) is 1.73. The van der Waals surface area contributed by atoms with E-state index in [1.807, 2.05) is 43.3 Å². The highest BCUT2D eigenvalue weighted by molar-refractivity contribution is 6.04. The minimum absolute atomic E-state index is 0.116. The van der Waals surface area contributed by atoms with Gasteiger partial charge in [0.15, 0.2) is 0 Å². The Bertz CT molecular complexity index is 992. The molecule has 0 radical (unpaired) electrons. The number of anilines is 3. The molecule has 3 aromatic rings. The topological polar surface area (TPSA) is 48.5 Å². The van der Waals surface area contributed by atoms with E-state index in [0.717, 1.165) is 37.6 Å². The van der Waals surface area contributed by atoms with Gasteiger partial charge in [-0.15, -0.1) is 0 Å². The molecule has 5 heteroatoms. The van der Waals surface area contributed by atoms with E-state index >= 15 is 0 Å². The van der Waals surface area contributed by atoms with Crippen molar-refractivity contribution in [3.63, 3.8) is 0 Å². The maximum atomic E-state index is 12.4. The van der Waals surface area contributed by atoms with E-state index in [4.69, 9.17) is 0 Å². The molecule has 148 valence electrons. The van der Waals surface area contributed by atoms with Gasteiger partial charge in [0.25, 0.3) is 5.91 Å². The largest absolute Gasteiger partial charge is 0.368 e. The van der Waals surface area contributed by atoms with E-state index in [0.29, 0.717) is 11.3 Å². The minimum Gasteiger partial charge on any atom is -0.368 e. The molecule has 29 heavy (non-hydrogen) atoms. The molecule has 1 aromatic heterocycles. The second-order valence-electron chi connectivity index (χ2n) is 7.54. The molecule has 0 spiro atoms. The number of piperazine rings is 1. The molecule has 4 rings (SSSR count). The quantitative estimate of drug-likeness (QED) is 0.727. The van der Waals surface area contributed by atoms with Gasteiger partial charge in [0.2, 0.25) is 0 Å². The first-order chi connectivity index (χ1) is 14.1. The van der Waals surface area contributed by atoms with Gasteiger partial charge < -0.3 is 15.1 Å². The van der Waals surface area contributed by atoms with Crippen LogP contribution in [0.1, 0.15) is 21.5 Å². The summed E-state index contributed by atoms with van der Waals surface area (Å²) >= 11 is 0. The Morgan fingerprint density at radius 1 is 0.862 bits per heavy atom. The number of nitrogens with zero attached hydrogens (tertiary/aromatic N) is 3. The van der Waals surface area contributed by atoms with Crippen LogP contribution in [-0.2, 0) is 0 Å². The van der Waals surface area contributed by atoms with Crippen molar-refractivity contribution >= 4 is 23.1 Å². The van der Waals surface area contributed by atoms with Crippen LogP contribution in [0.25, 0.3) is 0 Å². The Morgan fingerprint density at radius 3 is 2.21 bits per heavy atom. The van der Waals surface area contributed by atoms with Crippen molar-refractivity contribution in [1.29, 1.82) is 0 Å². The maximum absolute atomic E-state index is 12.4. The van der Waals surface area contributed by atoms with Gasteiger partial charge in [-0.1, -0.05) is 29.8 Å². The van der Waals surface area contributed by atoms with Crippen LogP contribution in [0.4, 0.5) is 17.2 Å². The summed E-state index contributed by atoms with van der Waals surface area (Å²) in [6.45, 7) is 7.90. The zero-order valence-corrected chi connectivity index (χ0v) is 16.9. The van der Waals surface area contributed by atoms with Gasteiger partial charge in [-0.25, -0.2) is 4.98 Å². The van der Waals surface area contributed by atoms with Gasteiger partial charge >= 0.3 is 0 Å². The third-order valence-electron chi connectivity index (χ3n) is 5.26. The first-order valence-corrected chi connectivity index (χ1v) is 9.99. The zero-order chi connectivity index (χ0) is 20.2. The highest BCUT2D eigenvalue weighted by Gasteiger charge is 2.18. The summed E-state index contributed by atoms with van der Waals surface area (Å²) in [7, 11) is 0. The number of rotatable bonds is 4. The van der Waals surface area contributed by atoms with E-state index in [1.54, 1.807) is 6.20 Å². The molecule has 0 saturated carbocycles. The van der Waals surface area contributed by atoms with E-state index in [2.05, 4.69) is 51.3 Å². The second kappa shape index (κ2) is 8.35. The van der Waals surface area contributed by atoms with Crippen molar-refractivity contribution in [1.82, 2.24) is 4.98 Å². The van der Waals surface area contributed by atoms with Crippen molar-refractivity contribution in [2.75, 3.05) is 41.3 Å².